The van der Waals surface area contributed by atoms with Crippen LogP contribution in [-0.4, -0.2) is 53.1 Å². The Hall–Kier alpha value is -2.82. The molecule has 2 atom stereocenters. The second kappa shape index (κ2) is 8.61. The Labute approximate surface area is 184 Å². The lowest BCUT2D eigenvalue weighted by Crippen LogP contribution is -2.54. The number of pyridine rings is 1. The maximum absolute atomic E-state index is 13.0. The summed E-state index contributed by atoms with van der Waals surface area (Å²) in [7, 11) is -8.80. The van der Waals surface area contributed by atoms with E-state index in [1.807, 2.05) is 0 Å². The number of anilines is 2. The normalized spacial score (nSPS) is 19.6. The van der Waals surface area contributed by atoms with Crippen molar-refractivity contribution in [2.45, 2.75) is 28.3 Å². The number of nitrogens with two attached hydrogens (primary N) is 1. The molecule has 1 aliphatic heterocycles. The molecule has 1 aromatic carbocycles. The molecule has 0 radical (unpaired) electrons. The molecule has 32 heavy (non-hydrogen) atoms. The van der Waals surface area contributed by atoms with Crippen LogP contribution < -0.4 is 10.6 Å². The largest absolute Gasteiger partial charge is 0.483 e. The fourth-order valence-electron chi connectivity index (χ4n) is 3.23. The van der Waals surface area contributed by atoms with Gasteiger partial charge in [-0.25, -0.2) is 22.4 Å². The summed E-state index contributed by atoms with van der Waals surface area (Å²) in [5, 5.41) is 0. The quantitative estimate of drug-likeness (QED) is 0.640. The van der Waals surface area contributed by atoms with Gasteiger partial charge < -0.3 is 10.6 Å². The summed E-state index contributed by atoms with van der Waals surface area (Å²) >= 11 is 0. The molecule has 2 aromatic rings. The molecule has 0 amide bonds. The summed E-state index contributed by atoms with van der Waals surface area (Å²) in [5.41, 5.74) is 0.815. The van der Waals surface area contributed by atoms with Crippen LogP contribution in [0.1, 0.15) is 6.92 Å². The highest BCUT2D eigenvalue weighted by molar-refractivity contribution is 7.93. The van der Waals surface area contributed by atoms with Crippen LogP contribution in [0.4, 0.5) is 24.7 Å². The summed E-state index contributed by atoms with van der Waals surface area (Å²) in [5.74, 6) is 5.86. The van der Waals surface area contributed by atoms with Crippen molar-refractivity contribution in [2.24, 2.45) is 0 Å². The van der Waals surface area contributed by atoms with Crippen LogP contribution in [0.5, 0.6) is 0 Å². The van der Waals surface area contributed by atoms with Crippen molar-refractivity contribution in [1.29, 1.82) is 4.78 Å². The number of nitrogen functional groups attached to an aromatic ring is 1. The van der Waals surface area contributed by atoms with Gasteiger partial charge in [0.1, 0.15) is 16.8 Å². The maximum atomic E-state index is 13.0. The lowest BCUT2D eigenvalue weighted by atomic mass is 10.1. The standard InChI is InChI=1S/C19H20F3N5O3S2/c1-2-3-15-13-26(32(29,30)17-8-9-18(23)25-12-17)10-11-27(15)14-4-6-16(7-5-14)31(24,28)19(20,21)22/h4-9,12,15,24H,10-11,13H2,1H3,(H2,23,25)/t15-,31?/m0/s1. The van der Waals surface area contributed by atoms with E-state index in [1.54, 1.807) is 11.8 Å². The van der Waals surface area contributed by atoms with Gasteiger partial charge in [-0.15, -0.1) is 5.92 Å². The lowest BCUT2D eigenvalue weighted by Gasteiger charge is -2.39. The number of nitrogens with zero attached hydrogens (tertiary/aromatic N) is 3. The zero-order valence-electron chi connectivity index (χ0n) is 16.8. The van der Waals surface area contributed by atoms with Gasteiger partial charge in [-0.1, -0.05) is 5.92 Å². The number of aromatic nitrogens is 1. The molecule has 13 heteroatoms. The summed E-state index contributed by atoms with van der Waals surface area (Å²) in [6.45, 7) is 1.94. The van der Waals surface area contributed by atoms with E-state index < -0.39 is 36.2 Å². The zero-order chi connectivity index (χ0) is 23.7. The van der Waals surface area contributed by atoms with Crippen molar-refractivity contribution in [3.8, 4) is 11.8 Å². The predicted octanol–water partition coefficient (Wildman–Crippen LogP) is 2.49. The molecule has 8 nitrogen and oxygen atoms in total. The zero-order valence-corrected chi connectivity index (χ0v) is 18.5. The van der Waals surface area contributed by atoms with Gasteiger partial charge in [-0.05, 0) is 43.3 Å². The summed E-state index contributed by atoms with van der Waals surface area (Å²) in [6, 6.07) is 6.83. The predicted molar refractivity (Wildman–Crippen MR) is 114 cm³/mol. The first-order valence-electron chi connectivity index (χ1n) is 9.23. The van der Waals surface area contributed by atoms with Crippen molar-refractivity contribution < 1.29 is 25.8 Å². The van der Waals surface area contributed by atoms with Gasteiger partial charge in [-0.3, -0.25) is 0 Å². The van der Waals surface area contributed by atoms with Gasteiger partial charge in [0.2, 0.25) is 10.0 Å². The van der Waals surface area contributed by atoms with E-state index in [0.717, 1.165) is 12.1 Å². The molecule has 0 spiro atoms. The molecule has 3 N–H and O–H groups in total. The van der Waals surface area contributed by atoms with Crippen LogP contribution in [0.25, 0.3) is 0 Å². The van der Waals surface area contributed by atoms with Crippen LogP contribution in [0, 0.1) is 16.6 Å². The van der Waals surface area contributed by atoms with Gasteiger partial charge in [0, 0.05) is 31.5 Å². The van der Waals surface area contributed by atoms with E-state index in [1.165, 1.54) is 34.8 Å². The molecular formula is C19H20F3N5O3S2. The monoisotopic (exact) mass is 487 g/mol. The number of halogens is 3. The Kier molecular flexibility index (Phi) is 6.41. The van der Waals surface area contributed by atoms with E-state index in [2.05, 4.69) is 16.8 Å². The first kappa shape index (κ1) is 23.8. The SMILES string of the molecule is CC#C[C@H]1CN(S(=O)(=O)c2ccc(N)nc2)CCN1c1ccc(S(=N)(=O)C(F)(F)F)cc1. The third kappa shape index (κ3) is 4.52. The minimum atomic E-state index is -5.18. The first-order valence-corrected chi connectivity index (χ1v) is 12.2. The van der Waals surface area contributed by atoms with E-state index in [0.29, 0.717) is 5.69 Å². The van der Waals surface area contributed by atoms with E-state index in [4.69, 9.17) is 10.5 Å². The molecule has 0 bridgehead atoms. The molecule has 3 rings (SSSR count). The number of hydrogen-bond acceptors (Lipinski definition) is 7. The van der Waals surface area contributed by atoms with Crippen LogP contribution in [0.3, 0.4) is 0 Å². The smallest absolute Gasteiger partial charge is 0.384 e. The lowest BCUT2D eigenvalue weighted by molar-refractivity contribution is -0.0406. The van der Waals surface area contributed by atoms with Crippen molar-refractivity contribution in [3.63, 3.8) is 0 Å². The van der Waals surface area contributed by atoms with Gasteiger partial charge in [-0.2, -0.15) is 17.5 Å². The second-order valence-electron chi connectivity index (χ2n) is 6.88. The Morgan fingerprint density at radius 2 is 1.72 bits per heavy atom. The highest BCUT2D eigenvalue weighted by atomic mass is 32.2. The first-order chi connectivity index (χ1) is 14.9. The molecule has 1 fully saturated rings. The average Bonchev–Trinajstić information content (AvgIpc) is 2.73. The Morgan fingerprint density at radius 3 is 2.25 bits per heavy atom. The second-order valence-corrected chi connectivity index (χ2v) is 10.9. The van der Waals surface area contributed by atoms with Crippen molar-refractivity contribution in [3.05, 3.63) is 42.6 Å². The number of nitrogens with one attached hydrogen (secondary N) is 1. The number of piperazine rings is 1. The highest BCUT2D eigenvalue weighted by Crippen LogP contribution is 2.32. The van der Waals surface area contributed by atoms with Crippen molar-refractivity contribution in [2.75, 3.05) is 30.3 Å². The highest BCUT2D eigenvalue weighted by Gasteiger charge is 2.43. The Morgan fingerprint density at radius 1 is 1.09 bits per heavy atom. The average molecular weight is 488 g/mol. The summed E-state index contributed by atoms with van der Waals surface area (Å²) < 4.78 is 84.8. The molecule has 1 aliphatic rings. The molecule has 1 saturated heterocycles. The Bertz CT molecular complexity index is 1250. The Balaban J connectivity index is 1.86. The van der Waals surface area contributed by atoms with Gasteiger partial charge in [0.15, 0.2) is 9.73 Å². The van der Waals surface area contributed by atoms with Crippen LogP contribution in [0.2, 0.25) is 0 Å². The minimum Gasteiger partial charge on any atom is -0.384 e. The van der Waals surface area contributed by atoms with Crippen molar-refractivity contribution in [1.82, 2.24) is 9.29 Å². The van der Waals surface area contributed by atoms with E-state index >= 15 is 0 Å². The maximum Gasteiger partial charge on any atom is 0.483 e. The van der Waals surface area contributed by atoms with E-state index in [-0.39, 0.29) is 30.3 Å². The van der Waals surface area contributed by atoms with Crippen molar-refractivity contribution >= 4 is 31.3 Å². The number of alkyl halides is 3. The number of hydrogen-bond donors (Lipinski definition) is 2. The van der Waals surface area contributed by atoms with Gasteiger partial charge in [0.25, 0.3) is 0 Å². The van der Waals surface area contributed by atoms with Gasteiger partial charge in [0.05, 0.1) is 4.90 Å². The minimum absolute atomic E-state index is 0.00920. The fourth-order valence-corrected chi connectivity index (χ4v) is 5.40. The molecular weight excluding hydrogens is 467 g/mol. The third-order valence-electron chi connectivity index (χ3n) is 4.88. The summed E-state index contributed by atoms with van der Waals surface area (Å²) in [4.78, 5) is 4.92. The van der Waals surface area contributed by atoms with Crippen LogP contribution >= 0.6 is 0 Å². The van der Waals surface area contributed by atoms with Crippen LogP contribution in [0.15, 0.2) is 52.4 Å². The fraction of sp³-hybridized carbons (Fsp3) is 0.316. The summed E-state index contributed by atoms with van der Waals surface area (Å²) in [6.07, 6.45) is 1.18. The van der Waals surface area contributed by atoms with Gasteiger partial charge >= 0.3 is 5.51 Å². The molecule has 1 aromatic heterocycles. The third-order valence-corrected chi connectivity index (χ3v) is 8.31. The topological polar surface area (TPSA) is 120 Å². The van der Waals surface area contributed by atoms with Crippen LogP contribution in [-0.2, 0) is 19.8 Å². The van der Waals surface area contributed by atoms with E-state index in [9.17, 15) is 25.8 Å². The molecule has 172 valence electrons. The molecule has 0 aliphatic carbocycles. The molecule has 0 saturated carbocycles. The number of rotatable bonds is 4. The molecule has 1 unspecified atom stereocenters. The number of sulfonamides is 1. The number of benzene rings is 1. The molecule has 2 heterocycles.